The van der Waals surface area contributed by atoms with Crippen molar-refractivity contribution < 1.29 is 4.79 Å². The maximum Gasteiger partial charge on any atom is 0.259 e. The first-order chi connectivity index (χ1) is 16.7. The molecule has 6 heteroatoms. The molecule has 0 radical (unpaired) electrons. The lowest BCUT2D eigenvalue weighted by Gasteiger charge is -2.08. The number of aromatic nitrogens is 1. The highest BCUT2D eigenvalue weighted by Gasteiger charge is 2.09. The van der Waals surface area contributed by atoms with E-state index in [1.165, 1.54) is 0 Å². The fourth-order valence-electron chi connectivity index (χ4n) is 4.09. The Labute approximate surface area is 202 Å². The van der Waals surface area contributed by atoms with Gasteiger partial charge in [-0.1, -0.05) is 84.4 Å². The zero-order valence-electron chi connectivity index (χ0n) is 18.4. The van der Waals surface area contributed by atoms with Crippen LogP contribution in [-0.2, 0) is 11.3 Å². The van der Waals surface area contributed by atoms with Crippen LogP contribution in [-0.4, -0.2) is 23.2 Å². The van der Waals surface area contributed by atoms with E-state index in [2.05, 4.69) is 26.5 Å². The summed E-state index contributed by atoms with van der Waals surface area (Å²) >= 11 is 6.36. The number of rotatable bonds is 7. The van der Waals surface area contributed by atoms with Crippen LogP contribution in [0.15, 0.2) is 102 Å². The fraction of sp³-hybridized carbons (Fsp3) is 0.0714. The Kier molecular flexibility index (Phi) is 6.27. The zero-order chi connectivity index (χ0) is 23.3. The summed E-state index contributed by atoms with van der Waals surface area (Å²) in [5, 5.41) is 11.4. The lowest BCUT2D eigenvalue weighted by atomic mass is 10.1. The molecule has 168 valence electrons. The van der Waals surface area contributed by atoms with Crippen LogP contribution >= 0.6 is 11.6 Å². The number of anilines is 1. The van der Waals surface area contributed by atoms with Crippen molar-refractivity contribution in [1.82, 2.24) is 9.99 Å². The lowest BCUT2D eigenvalue weighted by Crippen LogP contribution is -2.25. The lowest BCUT2D eigenvalue weighted by molar-refractivity contribution is -0.119. The molecule has 0 atom stereocenters. The highest BCUT2D eigenvalue weighted by atomic mass is 35.5. The van der Waals surface area contributed by atoms with Gasteiger partial charge >= 0.3 is 0 Å². The van der Waals surface area contributed by atoms with Gasteiger partial charge in [-0.3, -0.25) is 4.79 Å². The predicted molar refractivity (Wildman–Crippen MR) is 141 cm³/mol. The molecular weight excluding hydrogens is 444 g/mol. The van der Waals surface area contributed by atoms with Crippen molar-refractivity contribution in [3.8, 4) is 0 Å². The maximum atomic E-state index is 12.4. The van der Waals surface area contributed by atoms with Crippen molar-refractivity contribution in [1.29, 1.82) is 0 Å². The summed E-state index contributed by atoms with van der Waals surface area (Å²) in [5.41, 5.74) is 6.58. The quantitative estimate of drug-likeness (QED) is 0.226. The van der Waals surface area contributed by atoms with E-state index in [0.717, 1.165) is 43.5 Å². The predicted octanol–water partition coefficient (Wildman–Crippen LogP) is 6.06. The number of hydrogen-bond acceptors (Lipinski definition) is 3. The van der Waals surface area contributed by atoms with Crippen molar-refractivity contribution in [2.45, 2.75) is 6.54 Å². The molecule has 0 saturated heterocycles. The molecule has 4 aromatic carbocycles. The Morgan fingerprint density at radius 2 is 1.62 bits per heavy atom. The van der Waals surface area contributed by atoms with Crippen molar-refractivity contribution in [2.24, 2.45) is 5.10 Å². The molecule has 5 rings (SSSR count). The van der Waals surface area contributed by atoms with Gasteiger partial charge in [-0.25, -0.2) is 5.43 Å². The minimum atomic E-state index is -0.219. The minimum absolute atomic E-state index is 0.125. The number of hydrogen-bond donors (Lipinski definition) is 2. The van der Waals surface area contributed by atoms with Gasteiger partial charge in [0.2, 0.25) is 0 Å². The molecule has 0 spiro atoms. The summed E-state index contributed by atoms with van der Waals surface area (Å²) in [5.74, 6) is -0.219. The van der Waals surface area contributed by atoms with E-state index in [1.807, 2.05) is 91.1 Å². The van der Waals surface area contributed by atoms with E-state index < -0.39 is 0 Å². The number of halogens is 1. The van der Waals surface area contributed by atoms with Crippen molar-refractivity contribution in [3.05, 3.63) is 113 Å². The number of fused-ring (bicyclic) bond motifs is 2. The van der Waals surface area contributed by atoms with Crippen LogP contribution in [0.3, 0.4) is 0 Å². The van der Waals surface area contributed by atoms with Crippen LogP contribution in [0, 0.1) is 0 Å². The number of benzene rings is 4. The molecule has 5 aromatic rings. The molecule has 5 nitrogen and oxygen atoms in total. The molecule has 1 aromatic heterocycles. The number of hydrazone groups is 1. The van der Waals surface area contributed by atoms with E-state index in [0.29, 0.717) is 6.54 Å². The van der Waals surface area contributed by atoms with Gasteiger partial charge in [0.25, 0.3) is 5.91 Å². The van der Waals surface area contributed by atoms with Gasteiger partial charge in [0, 0.05) is 45.3 Å². The van der Waals surface area contributed by atoms with Crippen LogP contribution in [0.25, 0.3) is 21.7 Å². The van der Waals surface area contributed by atoms with Gasteiger partial charge in [-0.2, -0.15) is 5.10 Å². The Balaban J connectivity index is 1.28. The fourth-order valence-corrected chi connectivity index (χ4v) is 4.28. The topological polar surface area (TPSA) is 58.4 Å². The van der Waals surface area contributed by atoms with Gasteiger partial charge in [-0.05, 0) is 29.1 Å². The summed E-state index contributed by atoms with van der Waals surface area (Å²) in [7, 11) is 0. The summed E-state index contributed by atoms with van der Waals surface area (Å²) in [6.07, 6.45) is 3.71. The monoisotopic (exact) mass is 466 g/mol. The summed E-state index contributed by atoms with van der Waals surface area (Å²) in [6.45, 7) is 0.773. The van der Waals surface area contributed by atoms with Crippen molar-refractivity contribution in [2.75, 3.05) is 11.9 Å². The molecule has 0 bridgehead atoms. The molecule has 34 heavy (non-hydrogen) atoms. The molecule has 0 fully saturated rings. The first-order valence-electron chi connectivity index (χ1n) is 11.0. The third-order valence-electron chi connectivity index (χ3n) is 5.74. The van der Waals surface area contributed by atoms with Crippen molar-refractivity contribution >= 4 is 51.1 Å². The van der Waals surface area contributed by atoms with Crippen LogP contribution in [0.1, 0.15) is 11.1 Å². The molecule has 0 unspecified atom stereocenters. The van der Waals surface area contributed by atoms with Gasteiger partial charge in [0.1, 0.15) is 0 Å². The van der Waals surface area contributed by atoms with E-state index >= 15 is 0 Å². The number of nitrogens with one attached hydrogen (secondary N) is 2. The Morgan fingerprint density at radius 3 is 2.50 bits per heavy atom. The standard InChI is InChI=1S/C28H23ClN4O/c29-25-13-5-2-9-21(25)18-33-19-22(24-12-4-6-15-27(24)33)16-31-32-28(34)17-30-26-14-7-10-20-8-1-3-11-23(20)26/h1-16,19,30H,17-18H2,(H,32,34)/b31-16-. The number of carbonyl (C=O) groups excluding carboxylic acids is 1. The highest BCUT2D eigenvalue weighted by molar-refractivity contribution is 6.31. The number of carbonyl (C=O) groups is 1. The first-order valence-corrected chi connectivity index (χ1v) is 11.4. The van der Waals surface area contributed by atoms with Gasteiger partial charge in [0.15, 0.2) is 0 Å². The van der Waals surface area contributed by atoms with E-state index in [9.17, 15) is 4.79 Å². The minimum Gasteiger partial charge on any atom is -0.376 e. The zero-order valence-corrected chi connectivity index (χ0v) is 19.2. The highest BCUT2D eigenvalue weighted by Crippen LogP contribution is 2.24. The SMILES string of the molecule is O=C(CNc1cccc2ccccc12)N/N=C\c1cn(Cc2ccccc2Cl)c2ccccc12. The van der Waals surface area contributed by atoms with E-state index in [4.69, 9.17) is 11.6 Å². The van der Waals surface area contributed by atoms with Crippen LogP contribution < -0.4 is 10.7 Å². The molecule has 0 saturated carbocycles. The van der Waals surface area contributed by atoms with Crippen LogP contribution in [0.4, 0.5) is 5.69 Å². The second kappa shape index (κ2) is 9.81. The number of nitrogens with zero attached hydrogens (tertiary/aromatic N) is 2. The normalized spacial score (nSPS) is 11.3. The second-order valence-corrected chi connectivity index (χ2v) is 8.40. The third kappa shape index (κ3) is 4.65. The summed E-state index contributed by atoms with van der Waals surface area (Å²) in [6, 6.07) is 30.0. The molecule has 1 heterocycles. The third-order valence-corrected chi connectivity index (χ3v) is 6.11. The van der Waals surface area contributed by atoms with Crippen LogP contribution in [0.2, 0.25) is 5.02 Å². The molecule has 0 aliphatic rings. The Morgan fingerprint density at radius 1 is 0.882 bits per heavy atom. The number of amides is 1. The van der Waals surface area contributed by atoms with Crippen LogP contribution in [0.5, 0.6) is 0 Å². The average Bonchev–Trinajstić information content (AvgIpc) is 3.21. The first kappa shape index (κ1) is 21.7. The smallest absolute Gasteiger partial charge is 0.259 e. The van der Waals surface area contributed by atoms with Crippen molar-refractivity contribution in [3.63, 3.8) is 0 Å². The molecular formula is C28H23ClN4O. The molecule has 0 aliphatic heterocycles. The average molecular weight is 467 g/mol. The van der Waals surface area contributed by atoms with E-state index in [-0.39, 0.29) is 12.5 Å². The largest absolute Gasteiger partial charge is 0.376 e. The Bertz CT molecular complexity index is 1500. The number of para-hydroxylation sites is 1. The molecule has 2 N–H and O–H groups in total. The van der Waals surface area contributed by atoms with E-state index in [1.54, 1.807) is 6.21 Å². The molecule has 1 amide bonds. The Hall–Kier alpha value is -4.09. The second-order valence-electron chi connectivity index (χ2n) is 7.99. The maximum absolute atomic E-state index is 12.4. The van der Waals surface area contributed by atoms with Gasteiger partial charge in [-0.15, -0.1) is 0 Å². The summed E-state index contributed by atoms with van der Waals surface area (Å²) in [4.78, 5) is 12.4. The molecule has 0 aliphatic carbocycles. The summed E-state index contributed by atoms with van der Waals surface area (Å²) < 4.78 is 2.14. The van der Waals surface area contributed by atoms with Gasteiger partial charge < -0.3 is 9.88 Å². The van der Waals surface area contributed by atoms with Gasteiger partial charge in [0.05, 0.1) is 12.8 Å².